The van der Waals surface area contributed by atoms with Gasteiger partial charge in [0.2, 0.25) is 0 Å². The maximum atomic E-state index is 12.7. The fourth-order valence-electron chi connectivity index (χ4n) is 4.00. The first-order chi connectivity index (χ1) is 14.5. The summed E-state index contributed by atoms with van der Waals surface area (Å²) in [5, 5.41) is 4.16. The molecular weight excluding hydrogens is 396 g/mol. The third-order valence-electron chi connectivity index (χ3n) is 5.88. The zero-order chi connectivity index (χ0) is 21.1. The fraction of sp³-hybridized carbons (Fsp3) is 0.348. The van der Waals surface area contributed by atoms with Crippen LogP contribution in [0.3, 0.4) is 0 Å². The molecule has 1 fully saturated rings. The minimum atomic E-state index is -0.130. The summed E-state index contributed by atoms with van der Waals surface area (Å²) in [6.45, 7) is 8.45. The van der Waals surface area contributed by atoms with Crippen LogP contribution in [0.2, 0.25) is 0 Å². The zero-order valence-electron chi connectivity index (χ0n) is 17.4. The number of Topliss-reactive ketones (excluding diaryl/α,β-unsaturated/α-hetero) is 1. The molecule has 7 heteroatoms. The number of ketones is 1. The highest BCUT2D eigenvalue weighted by atomic mass is 32.1. The average Bonchev–Trinajstić information content (AvgIpc) is 3.16. The number of anilines is 1. The van der Waals surface area contributed by atoms with E-state index in [9.17, 15) is 9.59 Å². The van der Waals surface area contributed by atoms with E-state index in [0.29, 0.717) is 11.3 Å². The molecule has 6 nitrogen and oxygen atoms in total. The zero-order valence-corrected chi connectivity index (χ0v) is 18.2. The third kappa shape index (κ3) is 4.75. The Morgan fingerprint density at radius 3 is 2.60 bits per heavy atom. The fourth-order valence-corrected chi connectivity index (χ4v) is 5.03. The standard InChI is InChI=1S/C23H26N4O2S/c1-16(23(29)24-19-7-5-6-18(14-19)17(2)28)27-12-10-26(11-13-27)15-22-25-20-8-3-4-9-21(20)30-22/h3-9,14,16H,10-13,15H2,1-2H3,(H,24,29)/p+2/t16-/m0/s1. The van der Waals surface area contributed by atoms with Crippen molar-refractivity contribution in [1.29, 1.82) is 0 Å². The van der Waals surface area contributed by atoms with Gasteiger partial charge in [-0.15, -0.1) is 11.3 Å². The Kier molecular flexibility index (Phi) is 6.22. The Morgan fingerprint density at radius 2 is 1.87 bits per heavy atom. The van der Waals surface area contributed by atoms with Gasteiger partial charge in [0, 0.05) is 11.3 Å². The lowest BCUT2D eigenvalue weighted by molar-refractivity contribution is -1.02. The molecule has 0 radical (unpaired) electrons. The van der Waals surface area contributed by atoms with Gasteiger partial charge < -0.3 is 15.1 Å². The molecule has 1 aliphatic rings. The number of hydrogen-bond donors (Lipinski definition) is 3. The summed E-state index contributed by atoms with van der Waals surface area (Å²) in [5.41, 5.74) is 2.37. The van der Waals surface area contributed by atoms with Gasteiger partial charge in [-0.05, 0) is 38.1 Å². The second-order valence-electron chi connectivity index (χ2n) is 8.01. The number of carbonyl (C=O) groups excluding carboxylic acids is 2. The van der Waals surface area contributed by atoms with Crippen molar-refractivity contribution in [2.45, 2.75) is 26.4 Å². The normalized spacial score (nSPS) is 20.1. The average molecular weight is 425 g/mol. The number of aromatic nitrogens is 1. The third-order valence-corrected chi connectivity index (χ3v) is 6.92. The molecule has 0 bridgehead atoms. The van der Waals surface area contributed by atoms with Crippen molar-refractivity contribution in [2.75, 3.05) is 31.5 Å². The van der Waals surface area contributed by atoms with Gasteiger partial charge in [0.25, 0.3) is 5.91 Å². The van der Waals surface area contributed by atoms with E-state index in [2.05, 4.69) is 23.5 Å². The summed E-state index contributed by atoms with van der Waals surface area (Å²) in [7, 11) is 0. The van der Waals surface area contributed by atoms with Crippen LogP contribution in [0.25, 0.3) is 10.2 Å². The van der Waals surface area contributed by atoms with Crippen molar-refractivity contribution in [3.63, 3.8) is 0 Å². The van der Waals surface area contributed by atoms with Gasteiger partial charge in [-0.1, -0.05) is 24.3 Å². The number of nitrogens with one attached hydrogen (secondary N) is 3. The number of benzene rings is 2. The number of nitrogens with zero attached hydrogens (tertiary/aromatic N) is 1. The molecule has 1 aliphatic heterocycles. The number of piperazine rings is 1. The van der Waals surface area contributed by atoms with Crippen molar-refractivity contribution < 1.29 is 19.4 Å². The smallest absolute Gasteiger partial charge is 0.282 e. The first kappa shape index (κ1) is 20.7. The van der Waals surface area contributed by atoms with Gasteiger partial charge in [-0.25, -0.2) is 4.98 Å². The van der Waals surface area contributed by atoms with Crippen LogP contribution in [-0.2, 0) is 11.3 Å². The first-order valence-corrected chi connectivity index (χ1v) is 11.3. The van der Waals surface area contributed by atoms with Gasteiger partial charge >= 0.3 is 0 Å². The van der Waals surface area contributed by atoms with Crippen LogP contribution in [0.4, 0.5) is 5.69 Å². The number of fused-ring (bicyclic) bond motifs is 1. The van der Waals surface area contributed by atoms with Gasteiger partial charge in [0.1, 0.15) is 37.7 Å². The van der Waals surface area contributed by atoms with Crippen molar-refractivity contribution >= 4 is 38.9 Å². The molecule has 1 saturated heterocycles. The van der Waals surface area contributed by atoms with E-state index in [4.69, 9.17) is 4.98 Å². The molecule has 1 amide bonds. The van der Waals surface area contributed by atoms with Crippen LogP contribution >= 0.6 is 11.3 Å². The molecule has 3 aromatic rings. The second kappa shape index (κ2) is 9.04. The molecule has 0 spiro atoms. The van der Waals surface area contributed by atoms with E-state index in [1.807, 2.05) is 19.1 Å². The summed E-state index contributed by atoms with van der Waals surface area (Å²) in [6.07, 6.45) is 0. The van der Waals surface area contributed by atoms with Crippen LogP contribution in [-0.4, -0.2) is 48.9 Å². The number of carbonyl (C=O) groups is 2. The minimum Gasteiger partial charge on any atom is -0.321 e. The Balaban J connectivity index is 1.30. The van der Waals surface area contributed by atoms with Crippen molar-refractivity contribution in [3.05, 3.63) is 59.1 Å². The van der Waals surface area contributed by atoms with Gasteiger partial charge in [-0.3, -0.25) is 9.59 Å². The predicted molar refractivity (Wildman–Crippen MR) is 119 cm³/mol. The summed E-state index contributed by atoms with van der Waals surface area (Å²) < 4.78 is 1.25. The van der Waals surface area contributed by atoms with E-state index in [1.54, 1.807) is 29.5 Å². The van der Waals surface area contributed by atoms with Crippen LogP contribution in [0.15, 0.2) is 48.5 Å². The highest BCUT2D eigenvalue weighted by molar-refractivity contribution is 7.18. The van der Waals surface area contributed by atoms with E-state index in [1.165, 1.54) is 26.4 Å². The number of rotatable bonds is 6. The number of para-hydroxylation sites is 1. The molecule has 1 atom stereocenters. The Labute approximate surface area is 180 Å². The molecule has 156 valence electrons. The van der Waals surface area contributed by atoms with Gasteiger partial charge in [-0.2, -0.15) is 0 Å². The van der Waals surface area contributed by atoms with Crippen LogP contribution in [0.5, 0.6) is 0 Å². The quantitative estimate of drug-likeness (QED) is 0.513. The van der Waals surface area contributed by atoms with E-state index < -0.39 is 0 Å². The molecule has 4 rings (SSSR count). The maximum Gasteiger partial charge on any atom is 0.282 e. The topological polar surface area (TPSA) is 67.9 Å². The molecule has 2 aromatic carbocycles. The lowest BCUT2D eigenvalue weighted by atomic mass is 10.1. The Bertz CT molecular complexity index is 1020. The molecule has 0 aliphatic carbocycles. The van der Waals surface area contributed by atoms with Crippen molar-refractivity contribution in [1.82, 2.24) is 4.98 Å². The SMILES string of the molecule is CC(=O)c1cccc(NC(=O)[C@H](C)[NH+]2CC[NH+](Cc3nc4ccccc4s3)CC2)c1. The number of amides is 1. The number of hydrogen-bond acceptors (Lipinski definition) is 4. The maximum absolute atomic E-state index is 12.7. The lowest BCUT2D eigenvalue weighted by Crippen LogP contribution is -3.29. The van der Waals surface area contributed by atoms with Crippen molar-refractivity contribution in [2.24, 2.45) is 0 Å². The lowest BCUT2D eigenvalue weighted by Gasteiger charge is -2.32. The Morgan fingerprint density at radius 1 is 1.10 bits per heavy atom. The largest absolute Gasteiger partial charge is 0.321 e. The minimum absolute atomic E-state index is 0.000301. The molecule has 2 heterocycles. The molecule has 3 N–H and O–H groups in total. The molecular formula is C23H28N4O2S+2. The van der Waals surface area contributed by atoms with Crippen LogP contribution < -0.4 is 15.1 Å². The van der Waals surface area contributed by atoms with E-state index >= 15 is 0 Å². The monoisotopic (exact) mass is 424 g/mol. The Hall–Kier alpha value is -2.61. The van der Waals surface area contributed by atoms with Gasteiger partial charge in [0.15, 0.2) is 11.8 Å². The predicted octanol–water partition coefficient (Wildman–Crippen LogP) is 0.810. The van der Waals surface area contributed by atoms with E-state index in [0.717, 1.165) is 38.2 Å². The second-order valence-corrected chi connectivity index (χ2v) is 9.12. The molecule has 0 saturated carbocycles. The highest BCUT2D eigenvalue weighted by Gasteiger charge is 2.31. The number of quaternary nitrogens is 2. The molecule has 1 aromatic heterocycles. The van der Waals surface area contributed by atoms with E-state index in [-0.39, 0.29) is 17.7 Å². The summed E-state index contributed by atoms with van der Waals surface area (Å²) >= 11 is 1.78. The number of thiazole rings is 1. The summed E-state index contributed by atoms with van der Waals surface area (Å²) in [5.74, 6) is -0.00248. The molecule has 30 heavy (non-hydrogen) atoms. The first-order valence-electron chi connectivity index (χ1n) is 10.4. The summed E-state index contributed by atoms with van der Waals surface area (Å²) in [4.78, 5) is 31.9. The van der Waals surface area contributed by atoms with Crippen LogP contribution in [0.1, 0.15) is 29.2 Å². The summed E-state index contributed by atoms with van der Waals surface area (Å²) in [6, 6.07) is 15.3. The molecule has 0 unspecified atom stereocenters. The highest BCUT2D eigenvalue weighted by Crippen LogP contribution is 2.20. The van der Waals surface area contributed by atoms with Crippen LogP contribution in [0, 0.1) is 0 Å². The van der Waals surface area contributed by atoms with Gasteiger partial charge in [0.05, 0.1) is 10.2 Å². The van der Waals surface area contributed by atoms with Crippen molar-refractivity contribution in [3.8, 4) is 0 Å².